The number of ether oxygens (including phenoxy) is 2. The Kier molecular flexibility index (Phi) is 5.31. The van der Waals surface area contributed by atoms with E-state index < -0.39 is 5.82 Å². The van der Waals surface area contributed by atoms with Gasteiger partial charge in [0.05, 0.1) is 10.6 Å². The minimum Gasteiger partial charge on any atom is -0.489 e. The number of carbonyl (C=O) groups excluding carboxylic acids is 1. The number of hydrogen-bond donors (Lipinski definition) is 0. The first-order valence-electron chi connectivity index (χ1n) is 8.82. The van der Waals surface area contributed by atoms with Gasteiger partial charge in [-0.1, -0.05) is 41.4 Å². The molecule has 146 valence electrons. The second-order valence-electron chi connectivity index (χ2n) is 6.63. The maximum atomic E-state index is 13.2. The van der Waals surface area contributed by atoms with Crippen LogP contribution in [0.2, 0.25) is 10.0 Å². The van der Waals surface area contributed by atoms with Gasteiger partial charge in [0.25, 0.3) is 0 Å². The molecule has 0 aliphatic carbocycles. The van der Waals surface area contributed by atoms with Crippen LogP contribution in [0.15, 0.2) is 60.4 Å². The van der Waals surface area contributed by atoms with Gasteiger partial charge in [-0.15, -0.1) is 0 Å². The second kappa shape index (κ2) is 7.90. The fourth-order valence-electron chi connectivity index (χ4n) is 3.11. The molecule has 0 atom stereocenters. The van der Waals surface area contributed by atoms with Crippen LogP contribution >= 0.6 is 23.2 Å². The molecule has 0 radical (unpaired) electrons. The highest BCUT2D eigenvalue weighted by Crippen LogP contribution is 2.38. The number of ketones is 1. The van der Waals surface area contributed by atoms with Gasteiger partial charge in [-0.2, -0.15) is 0 Å². The first-order valence-corrected chi connectivity index (χ1v) is 9.57. The van der Waals surface area contributed by atoms with E-state index in [-0.39, 0.29) is 18.1 Å². The van der Waals surface area contributed by atoms with Crippen LogP contribution in [-0.2, 0) is 6.61 Å². The van der Waals surface area contributed by atoms with Crippen molar-refractivity contribution in [2.45, 2.75) is 13.5 Å². The molecule has 0 unspecified atom stereocenters. The van der Waals surface area contributed by atoms with Crippen molar-refractivity contribution in [2.24, 2.45) is 0 Å². The van der Waals surface area contributed by atoms with Crippen LogP contribution in [0.25, 0.3) is 6.08 Å². The summed E-state index contributed by atoms with van der Waals surface area (Å²) < 4.78 is 24.8. The molecule has 4 rings (SSSR count). The summed E-state index contributed by atoms with van der Waals surface area (Å²) in [4.78, 5) is 12.8. The molecule has 3 aromatic rings. The monoisotopic (exact) mass is 428 g/mol. The molecule has 1 aliphatic rings. The predicted molar refractivity (Wildman–Crippen MR) is 111 cm³/mol. The first kappa shape index (κ1) is 19.5. The Bertz CT molecular complexity index is 1150. The van der Waals surface area contributed by atoms with E-state index in [9.17, 15) is 9.18 Å². The Balaban J connectivity index is 1.57. The lowest BCUT2D eigenvalue weighted by Crippen LogP contribution is -2.00. The number of allylic oxidation sites excluding steroid dienone is 1. The van der Waals surface area contributed by atoms with Crippen molar-refractivity contribution >= 4 is 35.1 Å². The third-order valence-electron chi connectivity index (χ3n) is 4.50. The number of fused-ring (bicyclic) bond motifs is 1. The normalized spacial score (nSPS) is 14.1. The molecule has 0 amide bonds. The summed E-state index contributed by atoms with van der Waals surface area (Å²) in [6.07, 6.45) is 1.66. The molecule has 0 aromatic heterocycles. The van der Waals surface area contributed by atoms with Crippen LogP contribution in [0.3, 0.4) is 0 Å². The zero-order chi connectivity index (χ0) is 20.5. The van der Waals surface area contributed by atoms with Crippen LogP contribution in [0.5, 0.6) is 11.5 Å². The zero-order valence-electron chi connectivity index (χ0n) is 15.3. The fraction of sp³-hybridized carbons (Fsp3) is 0.0870. The largest absolute Gasteiger partial charge is 0.489 e. The van der Waals surface area contributed by atoms with Crippen molar-refractivity contribution in [3.8, 4) is 11.5 Å². The lowest BCUT2D eigenvalue weighted by atomic mass is 10.0. The molecule has 1 aliphatic heterocycles. The number of halogens is 3. The van der Waals surface area contributed by atoms with E-state index >= 15 is 0 Å². The second-order valence-corrected chi connectivity index (χ2v) is 7.48. The van der Waals surface area contributed by atoms with E-state index in [0.29, 0.717) is 32.7 Å². The predicted octanol–water partition coefficient (Wildman–Crippen LogP) is 6.64. The highest BCUT2D eigenvalue weighted by atomic mass is 35.5. The zero-order valence-corrected chi connectivity index (χ0v) is 16.9. The van der Waals surface area contributed by atoms with E-state index in [1.807, 2.05) is 13.0 Å². The number of Topliss-reactive ketones (excluding diaryl/α,β-unsaturated/α-hetero) is 1. The highest BCUT2D eigenvalue weighted by molar-refractivity contribution is 6.31. The summed E-state index contributed by atoms with van der Waals surface area (Å²) in [5.41, 5.74) is 2.67. The summed E-state index contributed by atoms with van der Waals surface area (Å²) in [7, 11) is 0. The lowest BCUT2D eigenvalue weighted by Gasteiger charge is -2.10. The Labute approximate surface area is 177 Å². The molecule has 3 nitrogen and oxygen atoms in total. The van der Waals surface area contributed by atoms with E-state index in [2.05, 4.69) is 0 Å². The van der Waals surface area contributed by atoms with Crippen molar-refractivity contribution in [1.82, 2.24) is 0 Å². The number of rotatable bonds is 4. The fourth-order valence-corrected chi connectivity index (χ4v) is 3.53. The molecule has 0 fully saturated rings. The van der Waals surface area contributed by atoms with Crippen LogP contribution < -0.4 is 9.47 Å². The van der Waals surface area contributed by atoms with Crippen LogP contribution in [-0.4, -0.2) is 5.78 Å². The lowest BCUT2D eigenvalue weighted by molar-refractivity contribution is 0.101. The van der Waals surface area contributed by atoms with Gasteiger partial charge in [0.15, 0.2) is 5.76 Å². The molecule has 6 heteroatoms. The molecule has 29 heavy (non-hydrogen) atoms. The van der Waals surface area contributed by atoms with Gasteiger partial charge in [0.2, 0.25) is 5.78 Å². The number of aryl methyl sites for hydroxylation is 1. The Morgan fingerprint density at radius 1 is 1.10 bits per heavy atom. The summed E-state index contributed by atoms with van der Waals surface area (Å²) in [5, 5.41) is 0.870. The van der Waals surface area contributed by atoms with Gasteiger partial charge in [0.1, 0.15) is 23.9 Å². The number of carbonyl (C=O) groups is 1. The first-order chi connectivity index (χ1) is 13.9. The third-order valence-corrected chi connectivity index (χ3v) is 5.09. The van der Waals surface area contributed by atoms with Crippen molar-refractivity contribution in [2.75, 3.05) is 0 Å². The molecule has 1 heterocycles. The van der Waals surface area contributed by atoms with Gasteiger partial charge < -0.3 is 9.47 Å². The van der Waals surface area contributed by atoms with E-state index in [1.54, 1.807) is 42.5 Å². The van der Waals surface area contributed by atoms with Crippen molar-refractivity contribution in [1.29, 1.82) is 0 Å². The van der Waals surface area contributed by atoms with Gasteiger partial charge in [-0.3, -0.25) is 4.79 Å². The maximum Gasteiger partial charge on any atom is 0.232 e. The standard InChI is InChI=1S/C23H15Cl2FO3/c1-13-7-18(28-12-15-5-6-17(26)10-19(15)25)11-20-22(13)23(27)21(29-20)9-14-3-2-4-16(24)8-14/h2-11H,12H2,1H3/b21-9-. The molecule has 3 aromatic carbocycles. The summed E-state index contributed by atoms with van der Waals surface area (Å²) in [6.45, 7) is 1.98. The van der Waals surface area contributed by atoms with E-state index in [4.69, 9.17) is 32.7 Å². The highest BCUT2D eigenvalue weighted by Gasteiger charge is 2.30. The molecule has 0 saturated heterocycles. The molecular weight excluding hydrogens is 414 g/mol. The van der Waals surface area contributed by atoms with Crippen molar-refractivity contribution in [3.05, 3.63) is 98.5 Å². The molecule has 0 saturated carbocycles. The van der Waals surface area contributed by atoms with Crippen molar-refractivity contribution in [3.63, 3.8) is 0 Å². The SMILES string of the molecule is Cc1cc(OCc2ccc(F)cc2Cl)cc2c1C(=O)/C(=C/c1cccc(Cl)c1)O2. The Hall–Kier alpha value is -2.82. The number of hydrogen-bond acceptors (Lipinski definition) is 3. The number of benzene rings is 3. The van der Waals surface area contributed by atoms with Crippen molar-refractivity contribution < 1.29 is 18.7 Å². The van der Waals surface area contributed by atoms with Crippen LogP contribution in [0.1, 0.15) is 27.0 Å². The molecular formula is C23H15Cl2FO3. The van der Waals surface area contributed by atoms with E-state index in [1.165, 1.54) is 12.1 Å². The molecule has 0 N–H and O–H groups in total. The molecule has 0 bridgehead atoms. The van der Waals surface area contributed by atoms with E-state index in [0.717, 1.165) is 11.1 Å². The average Bonchev–Trinajstić information content (AvgIpc) is 2.97. The summed E-state index contributed by atoms with van der Waals surface area (Å²) in [5.74, 6) is 0.592. The smallest absolute Gasteiger partial charge is 0.232 e. The van der Waals surface area contributed by atoms with Crippen LogP contribution in [0.4, 0.5) is 4.39 Å². The third kappa shape index (κ3) is 4.14. The Morgan fingerprint density at radius 3 is 2.69 bits per heavy atom. The maximum absolute atomic E-state index is 13.2. The summed E-state index contributed by atoms with van der Waals surface area (Å²) >= 11 is 12.0. The van der Waals surface area contributed by atoms with Gasteiger partial charge >= 0.3 is 0 Å². The average molecular weight is 429 g/mol. The van der Waals surface area contributed by atoms with Crippen LogP contribution in [0, 0.1) is 12.7 Å². The van der Waals surface area contributed by atoms with Gasteiger partial charge in [-0.25, -0.2) is 4.39 Å². The van der Waals surface area contributed by atoms with Gasteiger partial charge in [-0.05, 0) is 54.5 Å². The topological polar surface area (TPSA) is 35.5 Å². The Morgan fingerprint density at radius 2 is 1.93 bits per heavy atom. The molecule has 0 spiro atoms. The quantitative estimate of drug-likeness (QED) is 0.437. The van der Waals surface area contributed by atoms with Gasteiger partial charge in [0, 0.05) is 16.7 Å². The minimum atomic E-state index is -0.405. The minimum absolute atomic E-state index is 0.163. The summed E-state index contributed by atoms with van der Waals surface area (Å²) in [6, 6.07) is 14.7.